The summed E-state index contributed by atoms with van der Waals surface area (Å²) >= 11 is 4.39. The molecule has 0 unspecified atom stereocenters. The second kappa shape index (κ2) is 6.04. The van der Waals surface area contributed by atoms with Crippen molar-refractivity contribution in [2.75, 3.05) is 11.4 Å². The third-order valence-electron chi connectivity index (χ3n) is 2.80. The number of amidine groups is 1. The summed E-state index contributed by atoms with van der Waals surface area (Å²) in [6, 6.07) is 9.58. The zero-order valence-corrected chi connectivity index (χ0v) is 14.1. The van der Waals surface area contributed by atoms with Crippen molar-refractivity contribution < 1.29 is 13.6 Å². The number of nitrogens with two attached hydrogens (primary N) is 1. The van der Waals surface area contributed by atoms with Gasteiger partial charge >= 0.3 is 0 Å². The van der Waals surface area contributed by atoms with Crippen molar-refractivity contribution in [3.05, 3.63) is 45.7 Å². The third-order valence-corrected chi connectivity index (χ3v) is 6.67. The van der Waals surface area contributed by atoms with E-state index < -0.39 is 10.0 Å². The molecule has 6 nitrogen and oxygen atoms in total. The maximum Gasteiger partial charge on any atom is 0.273 e. The number of oxime groups is 1. The van der Waals surface area contributed by atoms with E-state index in [-0.39, 0.29) is 10.0 Å². The van der Waals surface area contributed by atoms with Gasteiger partial charge in [0.2, 0.25) is 0 Å². The number of hydrogen-bond donors (Lipinski definition) is 2. The number of rotatable bonds is 4. The topological polar surface area (TPSA) is 96.0 Å². The molecule has 0 aliphatic rings. The van der Waals surface area contributed by atoms with Gasteiger partial charge in [0.25, 0.3) is 10.0 Å². The molecule has 0 saturated carbocycles. The summed E-state index contributed by atoms with van der Waals surface area (Å²) in [6.07, 6.45) is 0. The Bertz CT molecular complexity index is 769. The average molecular weight is 390 g/mol. The first-order chi connectivity index (χ1) is 9.86. The van der Waals surface area contributed by atoms with E-state index in [1.165, 1.54) is 11.4 Å². The van der Waals surface area contributed by atoms with Crippen LogP contribution in [0.4, 0.5) is 5.69 Å². The Balaban J connectivity index is 2.33. The summed E-state index contributed by atoms with van der Waals surface area (Å²) in [6.45, 7) is 0. The van der Waals surface area contributed by atoms with Crippen molar-refractivity contribution in [2.24, 2.45) is 10.9 Å². The van der Waals surface area contributed by atoms with E-state index in [9.17, 15) is 8.42 Å². The highest BCUT2D eigenvalue weighted by molar-refractivity contribution is 9.11. The molecule has 0 spiro atoms. The van der Waals surface area contributed by atoms with Gasteiger partial charge in [0.15, 0.2) is 5.84 Å². The number of hydrogen-bond acceptors (Lipinski definition) is 5. The normalized spacial score (nSPS) is 12.4. The first-order valence-corrected chi connectivity index (χ1v) is 8.73. The van der Waals surface area contributed by atoms with Crippen LogP contribution in [0.2, 0.25) is 0 Å². The van der Waals surface area contributed by atoms with Crippen LogP contribution in [0.3, 0.4) is 0 Å². The Morgan fingerprint density at radius 2 is 1.90 bits per heavy atom. The third kappa shape index (κ3) is 3.20. The Morgan fingerprint density at radius 3 is 2.38 bits per heavy atom. The number of anilines is 1. The second-order valence-corrected chi connectivity index (χ2v) is 8.72. The number of sulfonamides is 1. The zero-order valence-electron chi connectivity index (χ0n) is 10.9. The number of thiophene rings is 1. The van der Waals surface area contributed by atoms with Crippen LogP contribution in [0.1, 0.15) is 5.56 Å². The molecule has 1 aromatic carbocycles. The largest absolute Gasteiger partial charge is 0.409 e. The van der Waals surface area contributed by atoms with E-state index in [2.05, 4.69) is 21.1 Å². The molecule has 9 heteroatoms. The molecule has 0 bridgehead atoms. The molecule has 0 atom stereocenters. The average Bonchev–Trinajstić information content (AvgIpc) is 2.93. The Labute approximate surface area is 134 Å². The molecule has 0 aliphatic carbocycles. The summed E-state index contributed by atoms with van der Waals surface area (Å²) in [5.41, 5.74) is 6.45. The van der Waals surface area contributed by atoms with Gasteiger partial charge in [0.05, 0.1) is 9.47 Å². The lowest BCUT2D eigenvalue weighted by molar-refractivity contribution is 0.318. The van der Waals surface area contributed by atoms with Crippen LogP contribution in [-0.4, -0.2) is 26.5 Å². The Hall–Kier alpha value is -1.58. The smallest absolute Gasteiger partial charge is 0.273 e. The SMILES string of the molecule is CN(c1ccc(C(N)=NO)cc1)S(=O)(=O)c1ccc(Br)s1. The Morgan fingerprint density at radius 1 is 1.29 bits per heavy atom. The van der Waals surface area contributed by atoms with E-state index in [1.54, 1.807) is 36.4 Å². The first kappa shape index (κ1) is 15.8. The minimum atomic E-state index is -3.60. The predicted octanol–water partition coefficient (Wildman–Crippen LogP) is 2.43. The molecule has 2 aromatic rings. The highest BCUT2D eigenvalue weighted by Crippen LogP contribution is 2.30. The second-order valence-electron chi connectivity index (χ2n) is 4.06. The molecule has 21 heavy (non-hydrogen) atoms. The molecule has 0 radical (unpaired) electrons. The molecule has 1 aromatic heterocycles. The maximum atomic E-state index is 12.4. The van der Waals surface area contributed by atoms with Gasteiger partial charge in [-0.1, -0.05) is 5.16 Å². The molecule has 112 valence electrons. The van der Waals surface area contributed by atoms with Gasteiger partial charge < -0.3 is 10.9 Å². The van der Waals surface area contributed by atoms with E-state index in [0.29, 0.717) is 11.3 Å². The van der Waals surface area contributed by atoms with E-state index >= 15 is 0 Å². The first-order valence-electron chi connectivity index (χ1n) is 5.68. The molecule has 0 amide bonds. The summed E-state index contributed by atoms with van der Waals surface area (Å²) in [5.74, 6) is -0.0331. The van der Waals surface area contributed by atoms with Crippen molar-refractivity contribution in [3.8, 4) is 0 Å². The van der Waals surface area contributed by atoms with Crippen LogP contribution < -0.4 is 10.0 Å². The standard InChI is InChI=1S/C12H12BrN3O3S2/c1-16(21(18,19)11-7-6-10(13)20-11)9-4-2-8(3-5-9)12(14)15-17/h2-7,17H,1H3,(H2,14,15). The van der Waals surface area contributed by atoms with E-state index in [1.807, 2.05) is 0 Å². The van der Waals surface area contributed by atoms with Crippen LogP contribution in [0.5, 0.6) is 0 Å². The fourth-order valence-corrected chi connectivity index (χ4v) is 4.99. The number of benzene rings is 1. The zero-order chi connectivity index (χ0) is 15.6. The Kier molecular flexibility index (Phi) is 4.55. The van der Waals surface area contributed by atoms with Gasteiger partial charge in [-0.3, -0.25) is 4.31 Å². The predicted molar refractivity (Wildman–Crippen MR) is 86.6 cm³/mol. The van der Waals surface area contributed by atoms with Crippen molar-refractivity contribution in [2.45, 2.75) is 4.21 Å². The van der Waals surface area contributed by atoms with Gasteiger partial charge in [0, 0.05) is 12.6 Å². The van der Waals surface area contributed by atoms with Crippen LogP contribution in [0.15, 0.2) is 49.5 Å². The highest BCUT2D eigenvalue weighted by atomic mass is 79.9. The molecule has 2 rings (SSSR count). The summed E-state index contributed by atoms with van der Waals surface area (Å²) < 4.78 is 27.1. The monoisotopic (exact) mass is 389 g/mol. The maximum absolute atomic E-state index is 12.4. The van der Waals surface area contributed by atoms with Crippen molar-refractivity contribution in [1.29, 1.82) is 0 Å². The minimum Gasteiger partial charge on any atom is -0.409 e. The summed E-state index contributed by atoms with van der Waals surface area (Å²) in [5, 5.41) is 11.5. The molecule has 0 saturated heterocycles. The van der Waals surface area contributed by atoms with E-state index in [4.69, 9.17) is 10.9 Å². The lowest BCUT2D eigenvalue weighted by atomic mass is 10.2. The molecule has 0 aliphatic heterocycles. The fraction of sp³-hybridized carbons (Fsp3) is 0.0833. The van der Waals surface area contributed by atoms with Crippen molar-refractivity contribution in [3.63, 3.8) is 0 Å². The van der Waals surface area contributed by atoms with Crippen LogP contribution in [-0.2, 0) is 10.0 Å². The highest BCUT2D eigenvalue weighted by Gasteiger charge is 2.23. The number of nitrogens with zero attached hydrogens (tertiary/aromatic N) is 2. The van der Waals surface area contributed by atoms with Gasteiger partial charge in [0.1, 0.15) is 4.21 Å². The fourth-order valence-electron chi connectivity index (χ4n) is 1.61. The summed E-state index contributed by atoms with van der Waals surface area (Å²) in [4.78, 5) is 0. The van der Waals surface area contributed by atoms with Gasteiger partial charge in [-0.15, -0.1) is 11.3 Å². The van der Waals surface area contributed by atoms with Crippen molar-refractivity contribution in [1.82, 2.24) is 0 Å². The molecule has 3 N–H and O–H groups in total. The molecule has 0 fully saturated rings. The van der Waals surface area contributed by atoms with Gasteiger partial charge in [-0.25, -0.2) is 8.42 Å². The van der Waals surface area contributed by atoms with Crippen LogP contribution in [0, 0.1) is 0 Å². The van der Waals surface area contributed by atoms with E-state index in [0.717, 1.165) is 15.1 Å². The lowest BCUT2D eigenvalue weighted by Gasteiger charge is -2.18. The van der Waals surface area contributed by atoms with Gasteiger partial charge in [-0.05, 0) is 52.3 Å². The summed E-state index contributed by atoms with van der Waals surface area (Å²) in [7, 11) is -2.13. The van der Waals surface area contributed by atoms with Crippen LogP contribution >= 0.6 is 27.3 Å². The lowest BCUT2D eigenvalue weighted by Crippen LogP contribution is -2.25. The molecular weight excluding hydrogens is 378 g/mol. The quantitative estimate of drug-likeness (QED) is 0.363. The van der Waals surface area contributed by atoms with Gasteiger partial charge in [-0.2, -0.15) is 0 Å². The molecule has 1 heterocycles. The van der Waals surface area contributed by atoms with Crippen LogP contribution in [0.25, 0.3) is 0 Å². The van der Waals surface area contributed by atoms with Crippen molar-refractivity contribution >= 4 is 48.8 Å². The molecular formula is C12H12BrN3O3S2. The number of halogens is 1. The minimum absolute atomic E-state index is 0.0331.